The van der Waals surface area contributed by atoms with Crippen LogP contribution in [-0.2, 0) is 6.61 Å². The van der Waals surface area contributed by atoms with Crippen molar-refractivity contribution in [2.24, 2.45) is 0 Å². The highest BCUT2D eigenvalue weighted by molar-refractivity contribution is 5.95. The molecule has 0 saturated carbocycles. The fourth-order valence-corrected chi connectivity index (χ4v) is 4.37. The molecule has 4 nitrogen and oxygen atoms in total. The van der Waals surface area contributed by atoms with Crippen molar-refractivity contribution >= 4 is 16.7 Å². The lowest BCUT2D eigenvalue weighted by Crippen LogP contribution is -2.29. The molecule has 0 unspecified atom stereocenters. The van der Waals surface area contributed by atoms with Crippen molar-refractivity contribution in [3.05, 3.63) is 144 Å². The first-order valence-corrected chi connectivity index (χ1v) is 11.9. The van der Waals surface area contributed by atoms with Gasteiger partial charge in [-0.25, -0.2) is 0 Å². The lowest BCUT2D eigenvalue weighted by molar-refractivity contribution is 0.0942. The average molecular weight is 474 g/mol. The van der Waals surface area contributed by atoms with Gasteiger partial charge in [0.15, 0.2) is 0 Å². The van der Waals surface area contributed by atoms with Crippen LogP contribution in [0.5, 0.6) is 11.5 Å². The summed E-state index contributed by atoms with van der Waals surface area (Å²) in [6.45, 7) is 0.277. The fourth-order valence-electron chi connectivity index (χ4n) is 4.37. The summed E-state index contributed by atoms with van der Waals surface area (Å²) < 4.78 is 11.8. The number of ether oxygens (including phenoxy) is 2. The van der Waals surface area contributed by atoms with E-state index in [1.54, 1.807) is 13.2 Å². The van der Waals surface area contributed by atoms with E-state index in [4.69, 9.17) is 9.47 Å². The van der Waals surface area contributed by atoms with E-state index in [0.717, 1.165) is 33.2 Å². The number of rotatable bonds is 8. The molecule has 36 heavy (non-hydrogen) atoms. The monoisotopic (exact) mass is 473 g/mol. The minimum atomic E-state index is -0.266. The van der Waals surface area contributed by atoms with Gasteiger partial charge in [0.2, 0.25) is 0 Å². The average Bonchev–Trinajstić information content (AvgIpc) is 2.95. The Morgan fingerprint density at radius 1 is 0.722 bits per heavy atom. The number of carbonyl (C=O) groups is 1. The Balaban J connectivity index is 1.40. The second-order valence-corrected chi connectivity index (χ2v) is 8.52. The molecule has 0 fully saturated rings. The first kappa shape index (κ1) is 23.2. The molecule has 1 amide bonds. The lowest BCUT2D eigenvalue weighted by Gasteiger charge is -2.20. The van der Waals surface area contributed by atoms with Gasteiger partial charge in [-0.3, -0.25) is 4.79 Å². The summed E-state index contributed by atoms with van der Waals surface area (Å²) in [5.41, 5.74) is 3.38. The molecule has 5 rings (SSSR count). The number of methoxy groups -OCH3 is 1. The van der Waals surface area contributed by atoms with Gasteiger partial charge in [-0.2, -0.15) is 0 Å². The highest BCUT2D eigenvalue weighted by Crippen LogP contribution is 2.28. The van der Waals surface area contributed by atoms with Gasteiger partial charge in [-0.15, -0.1) is 0 Å². The molecular weight excluding hydrogens is 446 g/mol. The van der Waals surface area contributed by atoms with Crippen LogP contribution in [0, 0.1) is 0 Å². The third-order valence-corrected chi connectivity index (χ3v) is 6.22. The van der Waals surface area contributed by atoms with E-state index in [2.05, 4.69) is 17.4 Å². The Bertz CT molecular complexity index is 1420. The van der Waals surface area contributed by atoms with E-state index in [-0.39, 0.29) is 18.6 Å². The summed E-state index contributed by atoms with van der Waals surface area (Å²) in [5.74, 6) is 1.30. The topological polar surface area (TPSA) is 47.6 Å². The molecule has 5 aromatic carbocycles. The van der Waals surface area contributed by atoms with Crippen LogP contribution in [0.4, 0.5) is 0 Å². The Morgan fingerprint density at radius 3 is 2.06 bits per heavy atom. The van der Waals surface area contributed by atoms with Gasteiger partial charge in [-0.05, 0) is 40.8 Å². The van der Waals surface area contributed by atoms with Gasteiger partial charge in [0, 0.05) is 16.5 Å². The molecule has 0 aliphatic rings. The molecule has 4 heteroatoms. The SMILES string of the molecule is COc1ccc(C(=O)NC(c2ccccc2)c2ccccc2)cc1COc1cccc2ccccc12. The molecule has 0 saturated heterocycles. The number of amides is 1. The van der Waals surface area contributed by atoms with Crippen molar-refractivity contribution < 1.29 is 14.3 Å². The van der Waals surface area contributed by atoms with Crippen molar-refractivity contribution in [3.8, 4) is 11.5 Å². The molecule has 5 aromatic rings. The first-order chi connectivity index (χ1) is 17.7. The standard InChI is InChI=1S/C32H27NO3/c1-35-29-20-19-26(21-27(29)22-36-30-18-10-16-23-11-8-9-17-28(23)30)32(34)33-31(24-12-4-2-5-13-24)25-14-6-3-7-15-25/h2-21,31H,22H2,1H3,(H,33,34). The third kappa shape index (κ3) is 5.08. The van der Waals surface area contributed by atoms with Gasteiger partial charge in [-0.1, -0.05) is 97.1 Å². The van der Waals surface area contributed by atoms with E-state index in [1.807, 2.05) is 103 Å². The largest absolute Gasteiger partial charge is 0.496 e. The lowest BCUT2D eigenvalue weighted by atomic mass is 9.98. The highest BCUT2D eigenvalue weighted by Gasteiger charge is 2.19. The summed E-state index contributed by atoms with van der Waals surface area (Å²) in [6.07, 6.45) is 0. The second kappa shape index (κ2) is 10.8. The van der Waals surface area contributed by atoms with Crippen molar-refractivity contribution in [2.45, 2.75) is 12.6 Å². The van der Waals surface area contributed by atoms with Crippen molar-refractivity contribution in [3.63, 3.8) is 0 Å². The van der Waals surface area contributed by atoms with E-state index < -0.39 is 0 Å². The number of nitrogens with one attached hydrogen (secondary N) is 1. The predicted molar refractivity (Wildman–Crippen MR) is 143 cm³/mol. The number of benzene rings is 5. The minimum Gasteiger partial charge on any atom is -0.496 e. The Hall–Kier alpha value is -4.57. The Kier molecular flexibility index (Phi) is 6.95. The third-order valence-electron chi connectivity index (χ3n) is 6.22. The van der Waals surface area contributed by atoms with Crippen LogP contribution in [0.2, 0.25) is 0 Å². The number of hydrogen-bond donors (Lipinski definition) is 1. The maximum absolute atomic E-state index is 13.4. The molecule has 178 valence electrons. The summed E-state index contributed by atoms with van der Waals surface area (Å²) in [5, 5.41) is 5.36. The summed E-state index contributed by atoms with van der Waals surface area (Å²) in [7, 11) is 1.62. The number of carbonyl (C=O) groups excluding carboxylic acids is 1. The molecule has 0 aliphatic carbocycles. The van der Waals surface area contributed by atoms with Crippen LogP contribution in [0.15, 0.2) is 121 Å². The quantitative estimate of drug-likeness (QED) is 0.265. The van der Waals surface area contributed by atoms with Gasteiger partial charge >= 0.3 is 0 Å². The fraction of sp³-hybridized carbons (Fsp3) is 0.0938. The molecule has 0 aliphatic heterocycles. The second-order valence-electron chi connectivity index (χ2n) is 8.52. The van der Waals surface area contributed by atoms with Crippen LogP contribution in [-0.4, -0.2) is 13.0 Å². The normalized spacial score (nSPS) is 10.8. The molecule has 0 spiro atoms. The summed E-state index contributed by atoms with van der Waals surface area (Å²) >= 11 is 0. The molecular formula is C32H27NO3. The van der Waals surface area contributed by atoms with Gasteiger partial charge in [0.25, 0.3) is 5.91 Å². The molecule has 0 atom stereocenters. The summed E-state index contributed by atoms with van der Waals surface area (Å²) in [6, 6.07) is 39.2. The zero-order chi connectivity index (χ0) is 24.7. The molecule has 1 N–H and O–H groups in total. The van der Waals surface area contributed by atoms with Crippen LogP contribution < -0.4 is 14.8 Å². The first-order valence-electron chi connectivity index (χ1n) is 11.9. The zero-order valence-corrected chi connectivity index (χ0v) is 20.1. The van der Waals surface area contributed by atoms with E-state index in [1.165, 1.54) is 0 Å². The van der Waals surface area contributed by atoms with E-state index in [0.29, 0.717) is 11.3 Å². The highest BCUT2D eigenvalue weighted by atomic mass is 16.5. The zero-order valence-electron chi connectivity index (χ0n) is 20.1. The maximum Gasteiger partial charge on any atom is 0.252 e. The van der Waals surface area contributed by atoms with Crippen LogP contribution in [0.3, 0.4) is 0 Å². The Morgan fingerprint density at radius 2 is 1.36 bits per heavy atom. The van der Waals surface area contributed by atoms with Gasteiger partial charge < -0.3 is 14.8 Å². The number of hydrogen-bond acceptors (Lipinski definition) is 3. The smallest absolute Gasteiger partial charge is 0.252 e. The summed E-state index contributed by atoms with van der Waals surface area (Å²) in [4.78, 5) is 13.4. The molecule has 0 bridgehead atoms. The molecule has 0 heterocycles. The van der Waals surface area contributed by atoms with Gasteiger partial charge in [0.1, 0.15) is 18.1 Å². The predicted octanol–water partition coefficient (Wildman–Crippen LogP) is 6.95. The van der Waals surface area contributed by atoms with Gasteiger partial charge in [0.05, 0.1) is 13.2 Å². The van der Waals surface area contributed by atoms with Crippen molar-refractivity contribution in [1.82, 2.24) is 5.32 Å². The minimum absolute atomic E-state index is 0.165. The van der Waals surface area contributed by atoms with Crippen LogP contribution in [0.1, 0.15) is 33.1 Å². The molecule has 0 aromatic heterocycles. The van der Waals surface area contributed by atoms with E-state index >= 15 is 0 Å². The Labute approximate surface area is 211 Å². The number of fused-ring (bicyclic) bond motifs is 1. The van der Waals surface area contributed by atoms with Crippen LogP contribution >= 0.6 is 0 Å². The van der Waals surface area contributed by atoms with E-state index in [9.17, 15) is 4.79 Å². The van der Waals surface area contributed by atoms with Crippen molar-refractivity contribution in [2.75, 3.05) is 7.11 Å². The molecule has 0 radical (unpaired) electrons. The van der Waals surface area contributed by atoms with Crippen molar-refractivity contribution in [1.29, 1.82) is 0 Å². The maximum atomic E-state index is 13.4. The van der Waals surface area contributed by atoms with Crippen LogP contribution in [0.25, 0.3) is 10.8 Å².